The molecule has 2 aromatic carbocycles. The van der Waals surface area contributed by atoms with Gasteiger partial charge in [-0.05, 0) is 38.1 Å². The SMILES string of the molecule is CCN(CC)c1cccc(OCCN2C(=O)c3ccccc3C2=O)c1. The zero-order valence-electron chi connectivity index (χ0n) is 14.6. The molecule has 5 nitrogen and oxygen atoms in total. The molecular weight excluding hydrogens is 316 g/mol. The average molecular weight is 338 g/mol. The summed E-state index contributed by atoms with van der Waals surface area (Å²) < 4.78 is 5.77. The minimum Gasteiger partial charge on any atom is -0.492 e. The van der Waals surface area contributed by atoms with Gasteiger partial charge in [-0.25, -0.2) is 0 Å². The highest BCUT2D eigenvalue weighted by Crippen LogP contribution is 2.23. The number of nitrogens with zero attached hydrogens (tertiary/aromatic N) is 2. The van der Waals surface area contributed by atoms with E-state index in [1.807, 2.05) is 24.3 Å². The molecule has 1 aliphatic heterocycles. The number of rotatable bonds is 7. The third-order valence-electron chi connectivity index (χ3n) is 4.41. The van der Waals surface area contributed by atoms with E-state index in [4.69, 9.17) is 4.74 Å². The predicted molar refractivity (Wildman–Crippen MR) is 97.3 cm³/mol. The topological polar surface area (TPSA) is 49.9 Å². The van der Waals surface area contributed by atoms with Gasteiger partial charge in [0.05, 0.1) is 17.7 Å². The molecule has 3 rings (SSSR count). The van der Waals surface area contributed by atoms with Crippen LogP contribution in [0.25, 0.3) is 0 Å². The number of carbonyl (C=O) groups excluding carboxylic acids is 2. The van der Waals surface area contributed by atoms with E-state index in [0.29, 0.717) is 11.1 Å². The fraction of sp³-hybridized carbons (Fsp3) is 0.300. The van der Waals surface area contributed by atoms with E-state index in [1.54, 1.807) is 24.3 Å². The van der Waals surface area contributed by atoms with Crippen LogP contribution in [0.3, 0.4) is 0 Å². The van der Waals surface area contributed by atoms with Crippen LogP contribution in [-0.4, -0.2) is 43.0 Å². The Hall–Kier alpha value is -2.82. The molecule has 0 aromatic heterocycles. The maximum absolute atomic E-state index is 12.3. The van der Waals surface area contributed by atoms with Gasteiger partial charge in [0.25, 0.3) is 11.8 Å². The van der Waals surface area contributed by atoms with Crippen molar-refractivity contribution in [3.63, 3.8) is 0 Å². The quantitative estimate of drug-likeness (QED) is 0.728. The summed E-state index contributed by atoms with van der Waals surface area (Å²) in [6.07, 6.45) is 0. The summed E-state index contributed by atoms with van der Waals surface area (Å²) in [5.41, 5.74) is 2.04. The zero-order valence-corrected chi connectivity index (χ0v) is 14.6. The number of anilines is 1. The lowest BCUT2D eigenvalue weighted by Crippen LogP contribution is -2.33. The van der Waals surface area contributed by atoms with Crippen LogP contribution in [0.4, 0.5) is 5.69 Å². The number of hydrogen-bond donors (Lipinski definition) is 0. The molecule has 0 unspecified atom stereocenters. The Labute approximate surface area is 147 Å². The van der Waals surface area contributed by atoms with Crippen molar-refractivity contribution in [3.05, 3.63) is 59.7 Å². The lowest BCUT2D eigenvalue weighted by Gasteiger charge is -2.21. The predicted octanol–water partition coefficient (Wildman–Crippen LogP) is 3.21. The third kappa shape index (κ3) is 3.36. The maximum Gasteiger partial charge on any atom is 0.261 e. The van der Waals surface area contributed by atoms with Crippen molar-refractivity contribution in [2.24, 2.45) is 0 Å². The maximum atomic E-state index is 12.3. The molecule has 130 valence electrons. The second-order valence-corrected chi connectivity index (χ2v) is 5.83. The van der Waals surface area contributed by atoms with Gasteiger partial charge in [0.15, 0.2) is 0 Å². The van der Waals surface area contributed by atoms with E-state index in [1.165, 1.54) is 4.90 Å². The molecule has 0 bridgehead atoms. The second-order valence-electron chi connectivity index (χ2n) is 5.83. The highest BCUT2D eigenvalue weighted by molar-refractivity contribution is 6.21. The first-order chi connectivity index (χ1) is 12.2. The molecule has 0 saturated heterocycles. The molecule has 0 N–H and O–H groups in total. The summed E-state index contributed by atoms with van der Waals surface area (Å²) in [6.45, 7) is 6.58. The first kappa shape index (κ1) is 17.0. The Balaban J connectivity index is 1.62. The van der Waals surface area contributed by atoms with E-state index >= 15 is 0 Å². The summed E-state index contributed by atoms with van der Waals surface area (Å²) in [7, 11) is 0. The van der Waals surface area contributed by atoms with Crippen molar-refractivity contribution in [3.8, 4) is 5.75 Å². The van der Waals surface area contributed by atoms with Crippen LogP contribution in [0.5, 0.6) is 5.75 Å². The molecular formula is C20H22N2O3. The van der Waals surface area contributed by atoms with Crippen LogP contribution >= 0.6 is 0 Å². The van der Waals surface area contributed by atoms with Gasteiger partial charge in [-0.15, -0.1) is 0 Å². The fourth-order valence-corrected chi connectivity index (χ4v) is 3.06. The lowest BCUT2D eigenvalue weighted by molar-refractivity contribution is 0.0631. The van der Waals surface area contributed by atoms with Crippen LogP contribution < -0.4 is 9.64 Å². The Morgan fingerprint density at radius 2 is 1.56 bits per heavy atom. The van der Waals surface area contributed by atoms with Crippen molar-refractivity contribution in [2.45, 2.75) is 13.8 Å². The largest absolute Gasteiger partial charge is 0.492 e. The van der Waals surface area contributed by atoms with Gasteiger partial charge in [0.2, 0.25) is 0 Å². The minimum absolute atomic E-state index is 0.238. The molecule has 0 saturated carbocycles. The number of fused-ring (bicyclic) bond motifs is 1. The monoisotopic (exact) mass is 338 g/mol. The molecule has 0 atom stereocenters. The van der Waals surface area contributed by atoms with Crippen LogP contribution in [0.1, 0.15) is 34.6 Å². The first-order valence-electron chi connectivity index (χ1n) is 8.58. The van der Waals surface area contributed by atoms with Crippen LogP contribution in [0.15, 0.2) is 48.5 Å². The molecule has 0 radical (unpaired) electrons. The Morgan fingerprint density at radius 1 is 0.920 bits per heavy atom. The van der Waals surface area contributed by atoms with E-state index in [-0.39, 0.29) is 25.0 Å². The van der Waals surface area contributed by atoms with Crippen molar-refractivity contribution >= 4 is 17.5 Å². The number of benzene rings is 2. The van der Waals surface area contributed by atoms with E-state index in [9.17, 15) is 9.59 Å². The number of amides is 2. The summed E-state index contributed by atoms with van der Waals surface area (Å²) in [6, 6.07) is 14.8. The van der Waals surface area contributed by atoms with E-state index in [2.05, 4.69) is 18.7 Å². The second kappa shape index (κ2) is 7.38. The summed E-state index contributed by atoms with van der Waals surface area (Å²) >= 11 is 0. The summed E-state index contributed by atoms with van der Waals surface area (Å²) in [5.74, 6) is 0.239. The first-order valence-corrected chi connectivity index (χ1v) is 8.58. The summed E-state index contributed by atoms with van der Waals surface area (Å²) in [5, 5.41) is 0. The highest BCUT2D eigenvalue weighted by Gasteiger charge is 2.34. The number of hydrogen-bond acceptors (Lipinski definition) is 4. The van der Waals surface area contributed by atoms with Crippen LogP contribution in [0, 0.1) is 0 Å². The van der Waals surface area contributed by atoms with Gasteiger partial charge < -0.3 is 9.64 Å². The Bertz CT molecular complexity index is 749. The van der Waals surface area contributed by atoms with Crippen molar-refractivity contribution in [2.75, 3.05) is 31.1 Å². The normalized spacial score (nSPS) is 13.1. The third-order valence-corrected chi connectivity index (χ3v) is 4.41. The number of carbonyl (C=O) groups is 2. The molecule has 0 aliphatic carbocycles. The Kier molecular flexibility index (Phi) is 5.03. The molecule has 2 amide bonds. The van der Waals surface area contributed by atoms with E-state index < -0.39 is 0 Å². The molecule has 2 aromatic rings. The van der Waals surface area contributed by atoms with Gasteiger partial charge in [-0.1, -0.05) is 18.2 Å². The van der Waals surface area contributed by atoms with Crippen molar-refractivity contribution in [1.29, 1.82) is 0 Å². The van der Waals surface area contributed by atoms with Crippen LogP contribution in [-0.2, 0) is 0 Å². The van der Waals surface area contributed by atoms with Gasteiger partial charge in [0, 0.05) is 24.8 Å². The zero-order chi connectivity index (χ0) is 17.8. The van der Waals surface area contributed by atoms with Crippen LogP contribution in [0.2, 0.25) is 0 Å². The van der Waals surface area contributed by atoms with Crippen molar-refractivity contribution in [1.82, 2.24) is 4.90 Å². The highest BCUT2D eigenvalue weighted by atomic mass is 16.5. The van der Waals surface area contributed by atoms with Gasteiger partial charge in [-0.2, -0.15) is 0 Å². The Morgan fingerprint density at radius 3 is 2.16 bits per heavy atom. The number of ether oxygens (including phenoxy) is 1. The fourth-order valence-electron chi connectivity index (χ4n) is 3.06. The smallest absolute Gasteiger partial charge is 0.261 e. The molecule has 0 fully saturated rings. The van der Waals surface area contributed by atoms with Gasteiger partial charge in [-0.3, -0.25) is 14.5 Å². The lowest BCUT2D eigenvalue weighted by atomic mass is 10.1. The molecule has 25 heavy (non-hydrogen) atoms. The molecule has 0 spiro atoms. The molecule has 5 heteroatoms. The minimum atomic E-state index is -0.249. The summed E-state index contributed by atoms with van der Waals surface area (Å²) in [4.78, 5) is 28.1. The van der Waals surface area contributed by atoms with Gasteiger partial charge >= 0.3 is 0 Å². The van der Waals surface area contributed by atoms with Gasteiger partial charge in [0.1, 0.15) is 12.4 Å². The average Bonchev–Trinajstić information content (AvgIpc) is 2.88. The molecule has 1 aliphatic rings. The molecule has 1 heterocycles. The number of imide groups is 1. The van der Waals surface area contributed by atoms with E-state index in [0.717, 1.165) is 24.5 Å². The standard InChI is InChI=1S/C20H22N2O3/c1-3-21(4-2)15-8-7-9-16(14-15)25-13-12-22-19(23)17-10-5-6-11-18(17)20(22)24/h5-11,14H,3-4,12-13H2,1-2H3. The van der Waals surface area contributed by atoms with Crippen molar-refractivity contribution < 1.29 is 14.3 Å².